The summed E-state index contributed by atoms with van der Waals surface area (Å²) in [6, 6.07) is 10.0. The van der Waals surface area contributed by atoms with Gasteiger partial charge in [-0.2, -0.15) is 5.10 Å². The number of aryl methyl sites for hydroxylation is 3. The number of rotatable bonds is 6. The predicted molar refractivity (Wildman–Crippen MR) is 110 cm³/mol. The molecule has 1 aromatic carbocycles. The van der Waals surface area contributed by atoms with E-state index in [0.717, 1.165) is 28.1 Å². The molecule has 2 aromatic heterocycles. The molecule has 0 fully saturated rings. The number of benzene rings is 1. The number of amides is 1. The Balaban J connectivity index is 1.68. The summed E-state index contributed by atoms with van der Waals surface area (Å²) in [6.45, 7) is 10.5. The maximum absolute atomic E-state index is 12.6. The summed E-state index contributed by atoms with van der Waals surface area (Å²) in [4.78, 5) is 13.3. The maximum Gasteiger partial charge on any atom is 0.266 e. The van der Waals surface area contributed by atoms with E-state index in [2.05, 4.69) is 10.4 Å². The molecule has 0 saturated carbocycles. The largest absolute Gasteiger partial charge is 0.488 e. The normalized spacial score (nSPS) is 11.0. The number of ether oxygens (including phenoxy) is 1. The van der Waals surface area contributed by atoms with Crippen LogP contribution in [0.15, 0.2) is 35.7 Å². The summed E-state index contributed by atoms with van der Waals surface area (Å²) in [6.07, 6.45) is 0. The molecule has 2 heterocycles. The zero-order chi connectivity index (χ0) is 19.6. The van der Waals surface area contributed by atoms with Gasteiger partial charge in [0, 0.05) is 17.7 Å². The third kappa shape index (κ3) is 4.39. The monoisotopic (exact) mass is 383 g/mol. The summed E-state index contributed by atoms with van der Waals surface area (Å²) >= 11 is 1.42. The van der Waals surface area contributed by atoms with E-state index in [1.807, 2.05) is 75.0 Å². The number of anilines is 1. The Kier molecular flexibility index (Phi) is 5.65. The Morgan fingerprint density at radius 1 is 1.22 bits per heavy atom. The fourth-order valence-corrected chi connectivity index (χ4v) is 3.73. The summed E-state index contributed by atoms with van der Waals surface area (Å²) in [7, 11) is 0. The third-order valence-corrected chi connectivity index (χ3v) is 5.24. The topological polar surface area (TPSA) is 56.1 Å². The van der Waals surface area contributed by atoms with Crippen molar-refractivity contribution < 1.29 is 9.53 Å². The van der Waals surface area contributed by atoms with Gasteiger partial charge in [0.05, 0.1) is 10.6 Å². The minimum atomic E-state index is -0.125. The number of hydrogen-bond donors (Lipinski definition) is 1. The van der Waals surface area contributed by atoms with Crippen LogP contribution < -0.4 is 10.1 Å². The zero-order valence-corrected chi connectivity index (χ0v) is 17.2. The molecule has 6 heteroatoms. The van der Waals surface area contributed by atoms with E-state index in [-0.39, 0.29) is 11.9 Å². The fourth-order valence-electron chi connectivity index (χ4n) is 2.93. The van der Waals surface area contributed by atoms with Gasteiger partial charge in [-0.25, -0.2) is 4.68 Å². The van der Waals surface area contributed by atoms with Gasteiger partial charge in [0.2, 0.25) is 0 Å². The number of nitrogens with one attached hydrogen (secondary N) is 1. The van der Waals surface area contributed by atoms with Gasteiger partial charge >= 0.3 is 0 Å². The second kappa shape index (κ2) is 7.96. The molecule has 0 atom stereocenters. The highest BCUT2D eigenvalue weighted by atomic mass is 32.1. The summed E-state index contributed by atoms with van der Waals surface area (Å²) in [5, 5.41) is 9.36. The van der Waals surface area contributed by atoms with Gasteiger partial charge in [0.1, 0.15) is 18.2 Å². The van der Waals surface area contributed by atoms with Crippen LogP contribution in [0.1, 0.15) is 51.9 Å². The average Bonchev–Trinajstić information content (AvgIpc) is 3.21. The summed E-state index contributed by atoms with van der Waals surface area (Å²) < 4.78 is 7.80. The van der Waals surface area contributed by atoms with Crippen LogP contribution in [0.5, 0.6) is 5.75 Å². The van der Waals surface area contributed by atoms with Crippen LogP contribution in [0.3, 0.4) is 0 Å². The number of nitrogens with zero attached hydrogens (tertiary/aromatic N) is 2. The number of thiophene rings is 1. The molecule has 0 aliphatic rings. The molecule has 0 radical (unpaired) electrons. The molecular weight excluding hydrogens is 358 g/mol. The maximum atomic E-state index is 12.6. The Hall–Kier alpha value is -2.60. The molecule has 0 aliphatic heterocycles. The molecule has 142 valence electrons. The highest BCUT2D eigenvalue weighted by Gasteiger charge is 2.15. The lowest BCUT2D eigenvalue weighted by Gasteiger charge is -2.11. The van der Waals surface area contributed by atoms with Crippen molar-refractivity contribution in [2.45, 2.75) is 47.3 Å². The van der Waals surface area contributed by atoms with Crippen molar-refractivity contribution in [2.75, 3.05) is 5.32 Å². The highest BCUT2D eigenvalue weighted by Crippen LogP contribution is 2.25. The number of aromatic nitrogens is 2. The van der Waals surface area contributed by atoms with Crippen molar-refractivity contribution in [3.63, 3.8) is 0 Å². The van der Waals surface area contributed by atoms with Gasteiger partial charge < -0.3 is 10.1 Å². The standard InChI is InChI=1S/C21H25N3O2S/c1-13(2)24-19(9-16(5)23-24)22-21(25)18-10-17(12-27-18)11-26-20-14(3)7-6-8-15(20)4/h6-10,12-13H,11H2,1-5H3,(H,22,25). The fraction of sp³-hybridized carbons (Fsp3) is 0.333. The first-order valence-electron chi connectivity index (χ1n) is 8.99. The lowest BCUT2D eigenvalue weighted by atomic mass is 10.1. The first-order valence-corrected chi connectivity index (χ1v) is 9.87. The SMILES string of the molecule is Cc1cc(NC(=O)c2cc(COc3c(C)cccc3C)cs2)n(C(C)C)n1. The van der Waals surface area contributed by atoms with E-state index in [1.54, 1.807) is 0 Å². The summed E-state index contributed by atoms with van der Waals surface area (Å²) in [5.74, 6) is 1.50. The Labute approximate surface area is 164 Å². The smallest absolute Gasteiger partial charge is 0.266 e. The van der Waals surface area contributed by atoms with Crippen molar-refractivity contribution in [1.29, 1.82) is 0 Å². The van der Waals surface area contributed by atoms with Crippen molar-refractivity contribution in [3.05, 3.63) is 63.0 Å². The quantitative estimate of drug-likeness (QED) is 0.630. The molecule has 0 spiro atoms. The number of carbonyl (C=O) groups excluding carboxylic acids is 1. The minimum Gasteiger partial charge on any atom is -0.488 e. The molecule has 27 heavy (non-hydrogen) atoms. The van der Waals surface area contributed by atoms with Crippen LogP contribution in [0.25, 0.3) is 0 Å². The Morgan fingerprint density at radius 2 is 1.93 bits per heavy atom. The molecule has 5 nitrogen and oxygen atoms in total. The number of para-hydroxylation sites is 1. The Morgan fingerprint density at radius 3 is 2.59 bits per heavy atom. The molecule has 3 aromatic rings. The van der Waals surface area contributed by atoms with Crippen molar-refractivity contribution in [2.24, 2.45) is 0 Å². The van der Waals surface area contributed by atoms with Gasteiger partial charge in [-0.05, 0) is 57.2 Å². The van der Waals surface area contributed by atoms with Gasteiger partial charge in [0.25, 0.3) is 5.91 Å². The van der Waals surface area contributed by atoms with E-state index in [0.29, 0.717) is 17.3 Å². The van der Waals surface area contributed by atoms with Crippen LogP contribution in [-0.4, -0.2) is 15.7 Å². The van der Waals surface area contributed by atoms with Crippen LogP contribution in [0, 0.1) is 20.8 Å². The summed E-state index contributed by atoms with van der Waals surface area (Å²) in [5.41, 5.74) is 4.09. The average molecular weight is 384 g/mol. The molecular formula is C21H25N3O2S. The van der Waals surface area contributed by atoms with E-state index in [4.69, 9.17) is 4.74 Å². The molecule has 0 aliphatic carbocycles. The molecule has 3 rings (SSSR count). The predicted octanol–water partition coefficient (Wildman–Crippen LogP) is 5.28. The molecule has 0 bridgehead atoms. The van der Waals surface area contributed by atoms with E-state index < -0.39 is 0 Å². The third-order valence-electron chi connectivity index (χ3n) is 4.26. The zero-order valence-electron chi connectivity index (χ0n) is 16.4. The number of carbonyl (C=O) groups is 1. The number of hydrogen-bond acceptors (Lipinski definition) is 4. The van der Waals surface area contributed by atoms with E-state index in [9.17, 15) is 4.79 Å². The van der Waals surface area contributed by atoms with Crippen molar-refractivity contribution >= 4 is 23.1 Å². The van der Waals surface area contributed by atoms with Crippen LogP contribution in [0.4, 0.5) is 5.82 Å². The lowest BCUT2D eigenvalue weighted by Crippen LogP contribution is -2.15. The first-order chi connectivity index (χ1) is 12.8. The second-order valence-electron chi connectivity index (χ2n) is 6.99. The Bertz CT molecular complexity index is 936. The van der Waals surface area contributed by atoms with Crippen molar-refractivity contribution in [1.82, 2.24) is 9.78 Å². The molecule has 1 amide bonds. The minimum absolute atomic E-state index is 0.125. The first kappa shape index (κ1) is 19.2. The van der Waals surface area contributed by atoms with E-state index in [1.165, 1.54) is 11.3 Å². The molecule has 1 N–H and O–H groups in total. The van der Waals surface area contributed by atoms with Crippen LogP contribution in [0.2, 0.25) is 0 Å². The second-order valence-corrected chi connectivity index (χ2v) is 7.90. The van der Waals surface area contributed by atoms with Crippen molar-refractivity contribution in [3.8, 4) is 5.75 Å². The van der Waals surface area contributed by atoms with Gasteiger partial charge in [0.15, 0.2) is 0 Å². The van der Waals surface area contributed by atoms with Crippen LogP contribution >= 0.6 is 11.3 Å². The highest BCUT2D eigenvalue weighted by molar-refractivity contribution is 7.12. The van der Waals surface area contributed by atoms with Crippen LogP contribution in [-0.2, 0) is 6.61 Å². The van der Waals surface area contributed by atoms with Gasteiger partial charge in [-0.15, -0.1) is 11.3 Å². The van der Waals surface area contributed by atoms with Gasteiger partial charge in [-0.3, -0.25) is 4.79 Å². The lowest BCUT2D eigenvalue weighted by molar-refractivity contribution is 0.102. The molecule has 0 unspecified atom stereocenters. The van der Waals surface area contributed by atoms with Gasteiger partial charge in [-0.1, -0.05) is 18.2 Å². The molecule has 0 saturated heterocycles. The van der Waals surface area contributed by atoms with E-state index >= 15 is 0 Å².